The van der Waals surface area contributed by atoms with Gasteiger partial charge in [0.05, 0.1) is 23.0 Å². The molecule has 0 N–H and O–H groups in total. The number of nitrogens with zero attached hydrogens (tertiary/aromatic N) is 2. The summed E-state index contributed by atoms with van der Waals surface area (Å²) in [5, 5.41) is 8.58. The van der Waals surface area contributed by atoms with E-state index in [-0.39, 0.29) is 0 Å². The molecule has 1 aliphatic carbocycles. The van der Waals surface area contributed by atoms with E-state index in [0.29, 0.717) is 0 Å². The molecule has 0 amide bonds. The molecular weight excluding hydrogens is 669 g/mol. The van der Waals surface area contributed by atoms with Crippen LogP contribution in [0.1, 0.15) is 0 Å². The second kappa shape index (κ2) is 11.6. The van der Waals surface area contributed by atoms with E-state index in [9.17, 15) is 0 Å². The Kier molecular flexibility index (Phi) is 6.34. The summed E-state index contributed by atoms with van der Waals surface area (Å²) in [4.78, 5) is 2.36. The van der Waals surface area contributed by atoms with E-state index in [1.165, 1.54) is 71.3 Å². The maximum absolute atomic E-state index is 6.17. The molecule has 3 heteroatoms. The summed E-state index contributed by atoms with van der Waals surface area (Å²) in [5.74, 6) is 0. The van der Waals surface area contributed by atoms with Crippen molar-refractivity contribution in [3.05, 3.63) is 194 Å². The number of para-hydroxylation sites is 3. The van der Waals surface area contributed by atoms with Crippen LogP contribution in [0, 0.1) is 0 Å². The van der Waals surface area contributed by atoms with Crippen LogP contribution in [-0.2, 0) is 0 Å². The van der Waals surface area contributed by atoms with Crippen molar-refractivity contribution in [3.63, 3.8) is 0 Å². The van der Waals surface area contributed by atoms with Gasteiger partial charge in [0.1, 0.15) is 5.58 Å². The molecule has 3 nitrogen and oxygen atoms in total. The lowest BCUT2D eigenvalue weighted by Crippen LogP contribution is -2.11. The molecule has 0 spiro atoms. The monoisotopic (exact) mass is 700 g/mol. The number of furan rings is 1. The first-order valence-electron chi connectivity index (χ1n) is 18.8. The Morgan fingerprint density at radius 1 is 0.400 bits per heavy atom. The van der Waals surface area contributed by atoms with Crippen molar-refractivity contribution in [3.8, 4) is 39.1 Å². The molecule has 0 radical (unpaired) electrons. The van der Waals surface area contributed by atoms with Gasteiger partial charge in [-0.25, -0.2) is 0 Å². The van der Waals surface area contributed by atoms with Gasteiger partial charge in [0.25, 0.3) is 0 Å². The third-order valence-electron chi connectivity index (χ3n) is 11.5. The molecule has 0 saturated heterocycles. The number of aromatic nitrogens is 1. The van der Waals surface area contributed by atoms with E-state index in [0.717, 1.165) is 39.2 Å². The Morgan fingerprint density at radius 2 is 0.964 bits per heavy atom. The topological polar surface area (TPSA) is 21.3 Å². The Morgan fingerprint density at radius 3 is 1.65 bits per heavy atom. The van der Waals surface area contributed by atoms with Crippen LogP contribution in [0.4, 0.5) is 17.1 Å². The van der Waals surface area contributed by atoms with Gasteiger partial charge in [-0.15, -0.1) is 0 Å². The molecule has 0 saturated carbocycles. The Hall–Kier alpha value is -7.36. The molecule has 1 aliphatic rings. The summed E-state index contributed by atoms with van der Waals surface area (Å²) in [6.07, 6.45) is 1.78. The highest BCUT2D eigenvalue weighted by atomic mass is 16.3. The number of rotatable bonds is 5. The molecule has 55 heavy (non-hydrogen) atoms. The van der Waals surface area contributed by atoms with Crippen LogP contribution in [-0.4, -0.2) is 4.57 Å². The summed E-state index contributed by atoms with van der Waals surface area (Å²) >= 11 is 0. The first kappa shape index (κ1) is 30.1. The second-order valence-corrected chi connectivity index (χ2v) is 14.6. The molecular formula is C52H32N2O. The molecule has 12 rings (SSSR count). The van der Waals surface area contributed by atoms with Gasteiger partial charge < -0.3 is 13.9 Å². The van der Waals surface area contributed by atoms with Crippen LogP contribution in [0.5, 0.6) is 0 Å². The average Bonchev–Trinajstić information content (AvgIpc) is 3.86. The summed E-state index contributed by atoms with van der Waals surface area (Å²) in [6.45, 7) is 0. The molecule has 9 aromatic carbocycles. The lowest BCUT2D eigenvalue weighted by atomic mass is 9.78. The van der Waals surface area contributed by atoms with Gasteiger partial charge >= 0.3 is 0 Å². The van der Waals surface area contributed by atoms with Gasteiger partial charge in [-0.05, 0) is 140 Å². The Labute approximate surface area is 317 Å². The minimum absolute atomic E-state index is 0.887. The zero-order valence-electron chi connectivity index (χ0n) is 29.8. The maximum atomic E-state index is 6.17. The largest absolute Gasteiger partial charge is 0.464 e. The van der Waals surface area contributed by atoms with Gasteiger partial charge in [-0.3, -0.25) is 0 Å². The third kappa shape index (κ3) is 4.50. The predicted octanol–water partition coefficient (Wildman–Crippen LogP) is 14.6. The van der Waals surface area contributed by atoms with Crippen molar-refractivity contribution in [1.29, 1.82) is 0 Å². The van der Waals surface area contributed by atoms with Crippen molar-refractivity contribution in [2.75, 3.05) is 4.90 Å². The molecule has 2 heterocycles. The van der Waals surface area contributed by atoms with E-state index >= 15 is 0 Å². The van der Waals surface area contributed by atoms with Crippen molar-refractivity contribution in [1.82, 2.24) is 4.57 Å². The smallest absolute Gasteiger partial charge is 0.143 e. The van der Waals surface area contributed by atoms with E-state index in [1.54, 1.807) is 6.26 Å². The molecule has 0 aliphatic heterocycles. The van der Waals surface area contributed by atoms with Crippen molar-refractivity contribution in [2.24, 2.45) is 0 Å². The highest BCUT2D eigenvalue weighted by Crippen LogP contribution is 2.51. The van der Waals surface area contributed by atoms with E-state index in [4.69, 9.17) is 4.42 Å². The van der Waals surface area contributed by atoms with Gasteiger partial charge in [0, 0.05) is 38.8 Å². The molecule has 0 fully saturated rings. The van der Waals surface area contributed by atoms with Crippen LogP contribution in [0.2, 0.25) is 0 Å². The quantitative estimate of drug-likeness (QED) is 0.178. The molecule has 2 aromatic heterocycles. The SMILES string of the molecule is c1ccc(-c2c(N(c3ccccc3)c3ccc4cc5c(cc4c3)-c3cc4ccc(-n6c7ccccc7c7ccccc76)cc4cc3-5)ccc3ccoc23)cc1. The first-order chi connectivity index (χ1) is 27.3. The second-order valence-electron chi connectivity index (χ2n) is 14.6. The standard InChI is InChI=1S/C52H32N2O/c1-3-11-33(12-4-1)51-50(24-21-34-25-26-55-52(34)51)53(39-13-5-2-6-14-39)40-22-19-35-29-44-46(31-37(35)27-40)45-30-36-20-23-41(28-38(36)32-47(44)45)54-48-17-9-7-15-42(48)43-16-8-10-18-49(43)54/h1-32H. The summed E-state index contributed by atoms with van der Waals surface area (Å²) in [7, 11) is 0. The summed E-state index contributed by atoms with van der Waals surface area (Å²) < 4.78 is 8.57. The van der Waals surface area contributed by atoms with Gasteiger partial charge in [0.15, 0.2) is 0 Å². The lowest BCUT2D eigenvalue weighted by Gasteiger charge is -2.29. The van der Waals surface area contributed by atoms with Crippen LogP contribution in [0.15, 0.2) is 199 Å². The number of fused-ring (bicyclic) bond motifs is 10. The minimum atomic E-state index is 0.887. The average molecular weight is 701 g/mol. The van der Waals surface area contributed by atoms with Crippen LogP contribution in [0.3, 0.4) is 0 Å². The molecule has 0 atom stereocenters. The highest BCUT2D eigenvalue weighted by molar-refractivity contribution is 6.13. The van der Waals surface area contributed by atoms with E-state index in [2.05, 4.69) is 191 Å². The number of hydrogen-bond acceptors (Lipinski definition) is 2. The maximum Gasteiger partial charge on any atom is 0.143 e. The highest BCUT2D eigenvalue weighted by Gasteiger charge is 2.26. The fraction of sp³-hybridized carbons (Fsp3) is 0. The fourth-order valence-electron chi connectivity index (χ4n) is 8.97. The molecule has 0 bridgehead atoms. The number of hydrogen-bond donors (Lipinski definition) is 0. The van der Waals surface area contributed by atoms with Crippen LogP contribution >= 0.6 is 0 Å². The molecule has 11 aromatic rings. The fourth-order valence-corrected chi connectivity index (χ4v) is 8.97. The summed E-state index contributed by atoms with van der Waals surface area (Å²) in [5.41, 5.74) is 15.2. The Bertz CT molecular complexity index is 3260. The van der Waals surface area contributed by atoms with E-state index in [1.807, 2.05) is 6.07 Å². The lowest BCUT2D eigenvalue weighted by molar-refractivity contribution is 0.617. The van der Waals surface area contributed by atoms with Gasteiger partial charge in [-0.2, -0.15) is 0 Å². The molecule has 0 unspecified atom stereocenters. The van der Waals surface area contributed by atoms with Gasteiger partial charge in [0.2, 0.25) is 0 Å². The Balaban J connectivity index is 0.979. The number of anilines is 3. The van der Waals surface area contributed by atoms with Crippen molar-refractivity contribution >= 4 is 71.4 Å². The summed E-state index contributed by atoms with van der Waals surface area (Å²) in [6, 6.07) is 68.3. The van der Waals surface area contributed by atoms with Gasteiger partial charge in [-0.1, -0.05) is 97.1 Å². The van der Waals surface area contributed by atoms with Crippen LogP contribution < -0.4 is 4.90 Å². The zero-order valence-corrected chi connectivity index (χ0v) is 29.8. The predicted molar refractivity (Wildman–Crippen MR) is 230 cm³/mol. The van der Waals surface area contributed by atoms with Crippen molar-refractivity contribution < 1.29 is 4.42 Å². The van der Waals surface area contributed by atoms with Crippen molar-refractivity contribution in [2.45, 2.75) is 0 Å². The first-order valence-corrected chi connectivity index (χ1v) is 18.8. The third-order valence-corrected chi connectivity index (χ3v) is 11.5. The normalized spacial score (nSPS) is 12.0. The zero-order chi connectivity index (χ0) is 36.0. The van der Waals surface area contributed by atoms with E-state index < -0.39 is 0 Å². The number of benzene rings is 9. The van der Waals surface area contributed by atoms with Crippen LogP contribution in [0.25, 0.3) is 93.4 Å². The minimum Gasteiger partial charge on any atom is -0.464 e. The molecule has 256 valence electrons.